The molecule has 2 rings (SSSR count). The lowest BCUT2D eigenvalue weighted by Crippen LogP contribution is -2.59. The van der Waals surface area contributed by atoms with E-state index in [0.717, 1.165) is 0 Å². The molecule has 8 heteroatoms. The molecule has 1 aromatic rings. The Hall–Kier alpha value is -1.83. The average Bonchev–Trinajstić information content (AvgIpc) is 2.43. The number of azide groups is 1. The molecule has 102 valence electrons. The SMILES string of the molecule is [N-]=[N+]=N[C@H]1CO[C@@H](O)[C@H](NOc2ccccc2)[C@H]1O. The average molecular weight is 266 g/mol. The third kappa shape index (κ3) is 3.34. The van der Waals surface area contributed by atoms with Crippen molar-refractivity contribution in [2.24, 2.45) is 5.11 Å². The highest BCUT2D eigenvalue weighted by Crippen LogP contribution is 2.17. The van der Waals surface area contributed by atoms with Crippen molar-refractivity contribution in [1.82, 2.24) is 5.48 Å². The van der Waals surface area contributed by atoms with Crippen molar-refractivity contribution in [2.75, 3.05) is 6.61 Å². The minimum atomic E-state index is -1.25. The molecule has 4 atom stereocenters. The van der Waals surface area contributed by atoms with Crippen molar-refractivity contribution >= 4 is 0 Å². The van der Waals surface area contributed by atoms with Gasteiger partial charge in [0.25, 0.3) is 0 Å². The monoisotopic (exact) mass is 266 g/mol. The Morgan fingerprint density at radius 1 is 1.37 bits per heavy atom. The number of benzene rings is 1. The highest BCUT2D eigenvalue weighted by Gasteiger charge is 2.39. The molecule has 0 saturated carbocycles. The molecule has 0 spiro atoms. The van der Waals surface area contributed by atoms with Crippen LogP contribution in [0.25, 0.3) is 10.4 Å². The fourth-order valence-corrected chi connectivity index (χ4v) is 1.73. The summed E-state index contributed by atoms with van der Waals surface area (Å²) >= 11 is 0. The number of ether oxygens (including phenoxy) is 1. The summed E-state index contributed by atoms with van der Waals surface area (Å²) in [5.41, 5.74) is 10.9. The number of nitrogens with one attached hydrogen (secondary N) is 1. The van der Waals surface area contributed by atoms with Gasteiger partial charge in [-0.15, -0.1) is 5.48 Å². The van der Waals surface area contributed by atoms with Gasteiger partial charge >= 0.3 is 0 Å². The van der Waals surface area contributed by atoms with Gasteiger partial charge in [0.05, 0.1) is 18.8 Å². The number of rotatable bonds is 4. The number of para-hydroxylation sites is 1. The molecule has 0 aliphatic carbocycles. The van der Waals surface area contributed by atoms with Crippen LogP contribution >= 0.6 is 0 Å². The summed E-state index contributed by atoms with van der Waals surface area (Å²) in [5.74, 6) is 0.521. The van der Waals surface area contributed by atoms with E-state index < -0.39 is 24.5 Å². The number of aliphatic hydroxyl groups excluding tert-OH is 2. The van der Waals surface area contributed by atoms with Crippen molar-refractivity contribution < 1.29 is 19.8 Å². The first-order valence-corrected chi connectivity index (χ1v) is 5.71. The molecule has 8 nitrogen and oxygen atoms in total. The fourth-order valence-electron chi connectivity index (χ4n) is 1.73. The second kappa shape index (κ2) is 6.37. The highest BCUT2D eigenvalue weighted by molar-refractivity contribution is 5.20. The van der Waals surface area contributed by atoms with Crippen molar-refractivity contribution in [3.63, 3.8) is 0 Å². The minimum absolute atomic E-state index is 0.0457. The van der Waals surface area contributed by atoms with E-state index in [4.69, 9.17) is 15.1 Å². The quantitative estimate of drug-likeness (QED) is 0.314. The van der Waals surface area contributed by atoms with E-state index in [1.165, 1.54) is 0 Å². The molecular weight excluding hydrogens is 252 g/mol. The molecule has 0 amide bonds. The number of hydroxylamine groups is 1. The van der Waals surface area contributed by atoms with E-state index in [1.54, 1.807) is 24.3 Å². The number of aliphatic hydroxyl groups is 2. The van der Waals surface area contributed by atoms with Crippen LogP contribution in [0.2, 0.25) is 0 Å². The van der Waals surface area contributed by atoms with Gasteiger partial charge in [0, 0.05) is 4.91 Å². The zero-order valence-electron chi connectivity index (χ0n) is 9.96. The molecule has 1 fully saturated rings. The Morgan fingerprint density at radius 3 is 2.79 bits per heavy atom. The molecule has 19 heavy (non-hydrogen) atoms. The molecule has 0 unspecified atom stereocenters. The number of hydrogen-bond acceptors (Lipinski definition) is 6. The molecule has 0 bridgehead atoms. The lowest BCUT2D eigenvalue weighted by atomic mass is 10.0. The van der Waals surface area contributed by atoms with Gasteiger partial charge in [-0.2, -0.15) is 0 Å². The van der Waals surface area contributed by atoms with Gasteiger partial charge in [-0.05, 0) is 17.7 Å². The Morgan fingerprint density at radius 2 is 2.11 bits per heavy atom. The van der Waals surface area contributed by atoms with Gasteiger partial charge in [0.1, 0.15) is 11.8 Å². The second-order valence-corrected chi connectivity index (χ2v) is 4.05. The van der Waals surface area contributed by atoms with Crippen molar-refractivity contribution in [2.45, 2.75) is 24.5 Å². The summed E-state index contributed by atoms with van der Waals surface area (Å²) in [6, 6.07) is 7.13. The van der Waals surface area contributed by atoms with Gasteiger partial charge in [-0.1, -0.05) is 23.3 Å². The topological polar surface area (TPSA) is 120 Å². The van der Waals surface area contributed by atoms with Crippen LogP contribution in [0.15, 0.2) is 35.4 Å². The van der Waals surface area contributed by atoms with Crippen LogP contribution in [0.5, 0.6) is 5.75 Å². The summed E-state index contributed by atoms with van der Waals surface area (Å²) in [6.45, 7) is -0.0457. The van der Waals surface area contributed by atoms with E-state index in [-0.39, 0.29) is 6.61 Å². The van der Waals surface area contributed by atoms with E-state index in [0.29, 0.717) is 5.75 Å². The molecule has 0 radical (unpaired) electrons. The van der Waals surface area contributed by atoms with E-state index in [1.807, 2.05) is 6.07 Å². The smallest absolute Gasteiger partial charge is 0.175 e. The molecule has 1 saturated heterocycles. The van der Waals surface area contributed by atoms with Crippen LogP contribution in [0.3, 0.4) is 0 Å². The largest absolute Gasteiger partial charge is 0.408 e. The molecule has 1 heterocycles. The second-order valence-electron chi connectivity index (χ2n) is 4.05. The van der Waals surface area contributed by atoms with Crippen molar-refractivity contribution in [1.29, 1.82) is 0 Å². The molecule has 1 aromatic carbocycles. The maximum Gasteiger partial charge on any atom is 0.175 e. The summed E-state index contributed by atoms with van der Waals surface area (Å²) in [6.07, 6.45) is -2.35. The Balaban J connectivity index is 1.98. The Labute approximate surface area is 109 Å². The van der Waals surface area contributed by atoms with Gasteiger partial charge < -0.3 is 19.8 Å². The standard InChI is InChI=1S/C11H14N4O4/c12-15-13-8-6-18-11(17)9(10(8)16)14-19-7-4-2-1-3-5-7/h1-5,8-11,14,16-17H,6H2/t8-,9+,10-,11+/m0/s1. The van der Waals surface area contributed by atoms with Gasteiger partial charge in [-0.25, -0.2) is 0 Å². The molecular formula is C11H14N4O4. The predicted molar refractivity (Wildman–Crippen MR) is 64.9 cm³/mol. The first-order valence-electron chi connectivity index (χ1n) is 5.71. The summed E-state index contributed by atoms with van der Waals surface area (Å²) in [4.78, 5) is 7.85. The Bertz CT molecular complexity index is 451. The minimum Gasteiger partial charge on any atom is -0.408 e. The predicted octanol–water partition coefficient (Wildman–Crippen LogP) is 0.327. The first-order chi connectivity index (χ1) is 9.22. The van der Waals surface area contributed by atoms with Gasteiger partial charge in [0.15, 0.2) is 6.29 Å². The maximum atomic E-state index is 9.96. The number of hydrogen-bond donors (Lipinski definition) is 3. The molecule has 3 N–H and O–H groups in total. The molecule has 1 aliphatic rings. The molecule has 0 aromatic heterocycles. The highest BCUT2D eigenvalue weighted by atomic mass is 16.7. The third-order valence-corrected chi connectivity index (χ3v) is 2.76. The van der Waals surface area contributed by atoms with Crippen LogP contribution in [-0.2, 0) is 4.74 Å². The number of nitrogens with zero attached hydrogens (tertiary/aromatic N) is 3. The summed E-state index contributed by atoms with van der Waals surface area (Å²) in [5, 5.41) is 23.0. The lowest BCUT2D eigenvalue weighted by molar-refractivity contribution is -0.195. The van der Waals surface area contributed by atoms with Crippen molar-refractivity contribution in [3.05, 3.63) is 40.8 Å². The Kier molecular flexibility index (Phi) is 4.56. The zero-order valence-corrected chi connectivity index (χ0v) is 9.96. The lowest BCUT2D eigenvalue weighted by Gasteiger charge is -2.35. The van der Waals surface area contributed by atoms with E-state index >= 15 is 0 Å². The van der Waals surface area contributed by atoms with Crippen LogP contribution in [0.4, 0.5) is 0 Å². The van der Waals surface area contributed by atoms with Gasteiger partial charge in [-0.3, -0.25) is 0 Å². The first kappa shape index (κ1) is 13.6. The van der Waals surface area contributed by atoms with E-state index in [9.17, 15) is 10.2 Å². The van der Waals surface area contributed by atoms with Crippen LogP contribution in [0.1, 0.15) is 0 Å². The maximum absolute atomic E-state index is 9.96. The van der Waals surface area contributed by atoms with E-state index in [2.05, 4.69) is 15.5 Å². The van der Waals surface area contributed by atoms with Crippen LogP contribution in [-0.4, -0.2) is 41.3 Å². The van der Waals surface area contributed by atoms with Crippen LogP contribution in [0, 0.1) is 0 Å². The zero-order chi connectivity index (χ0) is 13.7. The fraction of sp³-hybridized carbons (Fsp3) is 0.455. The van der Waals surface area contributed by atoms with Crippen LogP contribution < -0.4 is 10.3 Å². The van der Waals surface area contributed by atoms with Gasteiger partial charge in [0.2, 0.25) is 0 Å². The third-order valence-electron chi connectivity index (χ3n) is 2.76. The van der Waals surface area contributed by atoms with Crippen molar-refractivity contribution in [3.8, 4) is 5.75 Å². The summed E-state index contributed by atoms with van der Waals surface area (Å²) < 4.78 is 5.00. The summed E-state index contributed by atoms with van der Waals surface area (Å²) in [7, 11) is 0. The molecule has 1 aliphatic heterocycles. The normalized spacial score (nSPS) is 30.4.